The second-order valence-electron chi connectivity index (χ2n) is 0.408. The molecule has 0 saturated carbocycles. The van der Waals surface area contributed by atoms with Gasteiger partial charge in [0.1, 0.15) is 0 Å². The first-order chi connectivity index (χ1) is 2.83. The van der Waals surface area contributed by atoms with Gasteiger partial charge in [0.25, 0.3) is 0 Å². The van der Waals surface area contributed by atoms with Crippen LogP contribution in [0.2, 0.25) is 0 Å². The van der Waals surface area contributed by atoms with Crippen LogP contribution in [0.25, 0.3) is 0 Å². The zero-order valence-corrected chi connectivity index (χ0v) is 5.69. The molecule has 1 heteroatoms. The summed E-state index contributed by atoms with van der Waals surface area (Å²) in [5.74, 6) is 4.00. The molecule has 0 aromatic carbocycles. The molecule has 0 amide bonds. The van der Waals surface area contributed by atoms with Crippen molar-refractivity contribution in [3.8, 4) is 24.7 Å². The fraction of sp³-hybridized carbons (Fsp3) is 0. The zero-order chi connectivity index (χ0) is 5.41. The Labute approximate surface area is 61.8 Å². The molecule has 0 aromatic heterocycles. The van der Waals surface area contributed by atoms with Gasteiger partial charge in [-0.1, -0.05) is 0 Å². The second kappa shape index (κ2) is 45.5. The third kappa shape index (κ3) is 530. The summed E-state index contributed by atoms with van der Waals surface area (Å²) < 4.78 is 0. The summed E-state index contributed by atoms with van der Waals surface area (Å²) in [5, 5.41) is 0. The van der Waals surface area contributed by atoms with E-state index < -0.39 is 0 Å². The summed E-state index contributed by atoms with van der Waals surface area (Å²) in [6, 6.07) is 0. The van der Waals surface area contributed by atoms with Crippen molar-refractivity contribution < 1.29 is 0 Å². The molecule has 0 aliphatic heterocycles. The predicted molar refractivity (Wildman–Crippen MR) is 34.1 cm³/mol. The average molecular weight is 102 g/mol. The molecule has 0 fully saturated rings. The van der Waals surface area contributed by atoms with Crippen LogP contribution in [0.4, 0.5) is 0 Å². The van der Waals surface area contributed by atoms with Crippen molar-refractivity contribution in [3.63, 3.8) is 0 Å². The first-order valence-corrected chi connectivity index (χ1v) is 1.28. The van der Waals surface area contributed by atoms with E-state index in [-0.39, 0.29) is 23.1 Å². The average Bonchev–Trinajstić information content (AvgIpc) is 1.39. The Kier molecular flexibility index (Phi) is 104. The standard InChI is InChI=1S/2C3H3.Mg/c2*1-3-2;/h2*1H,2H2;/q2*-1;+2. The van der Waals surface area contributed by atoms with E-state index in [1.807, 2.05) is 11.8 Å². The fourth-order valence-electron chi connectivity index (χ4n) is 0. The largest absolute Gasteiger partial charge is 2.00 e. The number of hydrogen-bond donors (Lipinski definition) is 0. The first kappa shape index (κ1) is 16.0. The SMILES string of the molecule is C#C[CH2-].C#C[CH2-].[Mg+2]. The molecular formula is C6H6Mg. The van der Waals surface area contributed by atoms with Crippen LogP contribution in [0.1, 0.15) is 0 Å². The molecule has 0 bridgehead atoms. The number of terminal acetylenes is 2. The molecule has 0 spiro atoms. The van der Waals surface area contributed by atoms with Gasteiger partial charge >= 0.3 is 23.1 Å². The van der Waals surface area contributed by atoms with Crippen LogP contribution >= 0.6 is 0 Å². The van der Waals surface area contributed by atoms with Gasteiger partial charge in [-0.15, -0.1) is 0 Å². The number of hydrogen-bond acceptors (Lipinski definition) is 0. The molecule has 0 aliphatic carbocycles. The van der Waals surface area contributed by atoms with Gasteiger partial charge in [-0.05, 0) is 0 Å². The van der Waals surface area contributed by atoms with E-state index in [0.717, 1.165) is 0 Å². The normalized spacial score (nSPS) is 2.00. The molecule has 0 nitrogen and oxygen atoms in total. The van der Waals surface area contributed by atoms with Gasteiger partial charge in [0.2, 0.25) is 0 Å². The van der Waals surface area contributed by atoms with E-state index in [0.29, 0.717) is 0 Å². The molecule has 0 heterocycles. The second-order valence-corrected chi connectivity index (χ2v) is 0.408. The maximum atomic E-state index is 4.49. The number of rotatable bonds is 0. The van der Waals surface area contributed by atoms with Crippen molar-refractivity contribution in [2.24, 2.45) is 0 Å². The minimum absolute atomic E-state index is 0. The Morgan fingerprint density at radius 1 is 1.00 bits per heavy atom. The summed E-state index contributed by atoms with van der Waals surface area (Å²) in [7, 11) is 0. The summed E-state index contributed by atoms with van der Waals surface area (Å²) in [5.41, 5.74) is 0. The van der Waals surface area contributed by atoms with Gasteiger partial charge < -0.3 is 24.7 Å². The Bertz CT molecular complexity index is 59.2. The first-order valence-electron chi connectivity index (χ1n) is 1.28. The molecular weight excluding hydrogens is 96.4 g/mol. The molecule has 0 atom stereocenters. The Hall–Kier alpha value is -0.374. The molecule has 32 valence electrons. The van der Waals surface area contributed by atoms with Crippen molar-refractivity contribution in [2.45, 2.75) is 0 Å². The third-order valence-corrected chi connectivity index (χ3v) is 0. The van der Waals surface area contributed by atoms with Gasteiger partial charge in [-0.25, -0.2) is 0 Å². The maximum Gasteiger partial charge on any atom is 2.00 e. The van der Waals surface area contributed by atoms with Crippen LogP contribution in [0.3, 0.4) is 0 Å². The van der Waals surface area contributed by atoms with Gasteiger partial charge in [-0.3, -0.25) is 0 Å². The van der Waals surface area contributed by atoms with Crippen LogP contribution in [-0.2, 0) is 0 Å². The predicted octanol–water partition coefficient (Wildman–Crippen LogP) is 0.527. The zero-order valence-electron chi connectivity index (χ0n) is 4.28. The van der Waals surface area contributed by atoms with Crippen LogP contribution in [-0.4, -0.2) is 23.1 Å². The quantitative estimate of drug-likeness (QED) is 0.238. The topological polar surface area (TPSA) is 0 Å². The van der Waals surface area contributed by atoms with Crippen molar-refractivity contribution in [1.82, 2.24) is 0 Å². The van der Waals surface area contributed by atoms with Crippen LogP contribution in [0.5, 0.6) is 0 Å². The fourth-order valence-corrected chi connectivity index (χ4v) is 0. The maximum absolute atomic E-state index is 4.49. The van der Waals surface area contributed by atoms with E-state index in [2.05, 4.69) is 26.7 Å². The van der Waals surface area contributed by atoms with Crippen molar-refractivity contribution >= 4 is 23.1 Å². The molecule has 0 unspecified atom stereocenters. The van der Waals surface area contributed by atoms with E-state index in [9.17, 15) is 0 Å². The van der Waals surface area contributed by atoms with Crippen molar-refractivity contribution in [3.05, 3.63) is 13.8 Å². The van der Waals surface area contributed by atoms with Crippen molar-refractivity contribution in [2.75, 3.05) is 0 Å². The molecule has 0 rings (SSSR count). The third-order valence-electron chi connectivity index (χ3n) is 0. The minimum atomic E-state index is 0. The van der Waals surface area contributed by atoms with Crippen molar-refractivity contribution in [1.29, 1.82) is 0 Å². The summed E-state index contributed by atoms with van der Waals surface area (Å²) in [4.78, 5) is 0. The van der Waals surface area contributed by atoms with Crippen LogP contribution < -0.4 is 0 Å². The molecule has 0 N–H and O–H groups in total. The van der Waals surface area contributed by atoms with E-state index in [1.165, 1.54) is 0 Å². The summed E-state index contributed by atoms with van der Waals surface area (Å²) in [6.07, 6.45) is 8.97. The van der Waals surface area contributed by atoms with Gasteiger partial charge in [0.05, 0.1) is 0 Å². The molecule has 7 heavy (non-hydrogen) atoms. The summed E-state index contributed by atoms with van der Waals surface area (Å²) in [6.45, 7) is 6.03. The van der Waals surface area contributed by atoms with Crippen LogP contribution in [0, 0.1) is 38.5 Å². The Balaban J connectivity index is -0.0000000400. The van der Waals surface area contributed by atoms with Gasteiger partial charge in [0.15, 0.2) is 0 Å². The Morgan fingerprint density at radius 3 is 1.00 bits per heavy atom. The van der Waals surface area contributed by atoms with E-state index in [4.69, 9.17) is 0 Å². The smallest absolute Gasteiger partial charge is 0.345 e. The van der Waals surface area contributed by atoms with Crippen LogP contribution in [0.15, 0.2) is 0 Å². The van der Waals surface area contributed by atoms with E-state index in [1.54, 1.807) is 0 Å². The molecule has 0 saturated heterocycles. The molecule has 0 aliphatic rings. The summed E-state index contributed by atoms with van der Waals surface area (Å²) >= 11 is 0. The molecule has 0 radical (unpaired) electrons. The van der Waals surface area contributed by atoms with E-state index >= 15 is 0 Å². The van der Waals surface area contributed by atoms with Gasteiger partial charge in [0, 0.05) is 0 Å². The minimum Gasteiger partial charge on any atom is -0.345 e. The van der Waals surface area contributed by atoms with Gasteiger partial charge in [-0.2, -0.15) is 13.8 Å². The monoisotopic (exact) mass is 102 g/mol. The molecule has 0 aromatic rings. The Morgan fingerprint density at radius 2 is 1.00 bits per heavy atom.